The second-order valence-electron chi connectivity index (χ2n) is 11.1. The van der Waals surface area contributed by atoms with Crippen molar-refractivity contribution in [2.75, 3.05) is 42.8 Å². The van der Waals surface area contributed by atoms with Crippen LogP contribution in [0.3, 0.4) is 0 Å². The normalized spacial score (nSPS) is 34.7. The molecular weight excluding hydrogens is 438 g/mol. The van der Waals surface area contributed by atoms with Crippen molar-refractivity contribution in [1.29, 1.82) is 0 Å². The molecule has 33 heavy (non-hydrogen) atoms. The Morgan fingerprint density at radius 2 is 1.45 bits per heavy atom. The van der Waals surface area contributed by atoms with Gasteiger partial charge in [-0.05, 0) is 80.9 Å². The van der Waals surface area contributed by atoms with E-state index in [9.17, 15) is 18.0 Å². The molecule has 1 aromatic rings. The fourth-order valence-electron chi connectivity index (χ4n) is 7.73. The van der Waals surface area contributed by atoms with Crippen LogP contribution in [-0.4, -0.2) is 68.5 Å². The van der Waals surface area contributed by atoms with Crippen LogP contribution in [0, 0.1) is 23.2 Å². The van der Waals surface area contributed by atoms with Gasteiger partial charge in [-0.2, -0.15) is 0 Å². The van der Waals surface area contributed by atoms with E-state index in [-0.39, 0.29) is 17.1 Å². The topological polar surface area (TPSA) is 78.0 Å². The summed E-state index contributed by atoms with van der Waals surface area (Å²) in [7, 11) is -3.28. The summed E-state index contributed by atoms with van der Waals surface area (Å²) >= 11 is 0. The van der Waals surface area contributed by atoms with Crippen LogP contribution in [0.2, 0.25) is 0 Å². The van der Waals surface area contributed by atoms with Gasteiger partial charge in [0.15, 0.2) is 0 Å². The van der Waals surface area contributed by atoms with Crippen molar-refractivity contribution in [2.24, 2.45) is 23.2 Å². The maximum absolute atomic E-state index is 13.6. The maximum atomic E-state index is 13.6. The molecule has 7 nitrogen and oxygen atoms in total. The molecule has 1 aromatic carbocycles. The Kier molecular flexibility index (Phi) is 5.02. The fraction of sp³-hybridized carbons (Fsp3) is 0.680. The lowest BCUT2D eigenvalue weighted by molar-refractivity contribution is -0.159. The molecule has 0 spiro atoms. The third kappa shape index (κ3) is 3.65. The first-order valence-electron chi connectivity index (χ1n) is 12.5. The van der Waals surface area contributed by atoms with Gasteiger partial charge in [-0.3, -0.25) is 13.9 Å². The number of carbonyl (C=O) groups is 2. The van der Waals surface area contributed by atoms with Crippen LogP contribution in [0.1, 0.15) is 55.3 Å². The summed E-state index contributed by atoms with van der Waals surface area (Å²) in [6, 6.07) is 6.95. The third-order valence-corrected chi connectivity index (χ3v) is 10.7. The van der Waals surface area contributed by atoms with Gasteiger partial charge in [0.1, 0.15) is 0 Å². The minimum atomic E-state index is -3.28. The highest BCUT2D eigenvalue weighted by Gasteiger charge is 2.55. The second-order valence-corrected chi connectivity index (χ2v) is 13.1. The van der Waals surface area contributed by atoms with Crippen molar-refractivity contribution in [3.8, 4) is 0 Å². The number of nitrogens with zero attached hydrogens (tertiary/aromatic N) is 3. The standard InChI is InChI=1S/C25H33N3O4S/c29-23(21-3-1-4-22(14-21)28-5-2-10-33(28,31)32)26-6-8-27(9-7-26)24(30)25-15-18-11-19(16-25)13-20(12-18)17-25/h1,3-4,14,18-20H,2,5-13,15-17H2. The van der Waals surface area contributed by atoms with Gasteiger partial charge in [-0.1, -0.05) is 6.07 Å². The van der Waals surface area contributed by atoms with E-state index in [0.717, 1.165) is 37.0 Å². The zero-order valence-corrected chi connectivity index (χ0v) is 19.9. The molecule has 4 saturated carbocycles. The molecule has 2 saturated heterocycles. The first kappa shape index (κ1) is 21.4. The first-order valence-corrected chi connectivity index (χ1v) is 14.1. The van der Waals surface area contributed by atoms with Crippen LogP contribution in [0.25, 0.3) is 0 Å². The van der Waals surface area contributed by atoms with Crippen LogP contribution >= 0.6 is 0 Å². The van der Waals surface area contributed by atoms with E-state index in [0.29, 0.717) is 56.3 Å². The van der Waals surface area contributed by atoms with Crippen LogP contribution in [0.5, 0.6) is 0 Å². The number of hydrogen-bond donors (Lipinski definition) is 0. The summed E-state index contributed by atoms with van der Waals surface area (Å²) in [5.74, 6) is 2.65. The quantitative estimate of drug-likeness (QED) is 0.679. The summed E-state index contributed by atoms with van der Waals surface area (Å²) in [4.78, 5) is 30.6. The molecule has 178 valence electrons. The molecule has 2 aliphatic heterocycles. The summed E-state index contributed by atoms with van der Waals surface area (Å²) < 4.78 is 25.9. The van der Waals surface area contributed by atoms with Crippen LogP contribution in [0.15, 0.2) is 24.3 Å². The van der Waals surface area contributed by atoms with Crippen molar-refractivity contribution in [3.63, 3.8) is 0 Å². The lowest BCUT2D eigenvalue weighted by Crippen LogP contribution is -2.58. The summed E-state index contributed by atoms with van der Waals surface area (Å²) in [6.45, 7) is 2.70. The Labute approximate surface area is 196 Å². The maximum Gasteiger partial charge on any atom is 0.254 e. The van der Waals surface area contributed by atoms with Gasteiger partial charge in [0, 0.05) is 38.3 Å². The van der Waals surface area contributed by atoms with Crippen LogP contribution < -0.4 is 4.31 Å². The van der Waals surface area contributed by atoms with E-state index in [1.807, 2.05) is 4.90 Å². The van der Waals surface area contributed by atoms with Crippen molar-refractivity contribution >= 4 is 27.5 Å². The number of sulfonamides is 1. The molecule has 2 amide bonds. The molecule has 0 aromatic heterocycles. The number of benzene rings is 1. The lowest BCUT2D eigenvalue weighted by atomic mass is 9.49. The predicted molar refractivity (Wildman–Crippen MR) is 125 cm³/mol. The smallest absolute Gasteiger partial charge is 0.254 e. The molecule has 0 radical (unpaired) electrons. The van der Waals surface area contributed by atoms with Crippen LogP contribution in [-0.2, 0) is 14.8 Å². The molecule has 8 heteroatoms. The predicted octanol–water partition coefficient (Wildman–Crippen LogP) is 2.73. The number of rotatable bonds is 3. The zero-order chi connectivity index (χ0) is 22.8. The second kappa shape index (κ2) is 7.72. The van der Waals surface area contributed by atoms with E-state index < -0.39 is 10.0 Å². The molecular formula is C25H33N3O4S. The molecule has 4 aliphatic carbocycles. The van der Waals surface area contributed by atoms with E-state index in [2.05, 4.69) is 0 Å². The minimum Gasteiger partial charge on any atom is -0.339 e. The summed E-state index contributed by atoms with van der Waals surface area (Å²) in [5.41, 5.74) is 0.945. The van der Waals surface area contributed by atoms with E-state index >= 15 is 0 Å². The first-order chi connectivity index (χ1) is 15.8. The van der Waals surface area contributed by atoms with Gasteiger partial charge in [0.05, 0.1) is 16.9 Å². The molecule has 4 bridgehead atoms. The van der Waals surface area contributed by atoms with E-state index in [1.54, 1.807) is 29.2 Å². The largest absolute Gasteiger partial charge is 0.339 e. The Morgan fingerprint density at radius 1 is 0.848 bits per heavy atom. The van der Waals surface area contributed by atoms with E-state index in [4.69, 9.17) is 0 Å². The Bertz CT molecular complexity index is 1040. The Hall–Kier alpha value is -2.09. The van der Waals surface area contributed by atoms with Gasteiger partial charge in [-0.25, -0.2) is 8.42 Å². The van der Waals surface area contributed by atoms with Gasteiger partial charge < -0.3 is 9.80 Å². The monoisotopic (exact) mass is 471 g/mol. The molecule has 2 heterocycles. The minimum absolute atomic E-state index is 0.0876. The highest BCUT2D eigenvalue weighted by atomic mass is 32.2. The molecule has 0 atom stereocenters. The molecule has 0 N–H and O–H groups in total. The Balaban J connectivity index is 1.12. The fourth-order valence-corrected chi connectivity index (χ4v) is 9.28. The van der Waals surface area contributed by atoms with E-state index in [1.165, 1.54) is 23.6 Å². The van der Waals surface area contributed by atoms with Crippen molar-refractivity contribution in [2.45, 2.75) is 44.9 Å². The highest BCUT2D eigenvalue weighted by Crippen LogP contribution is 2.60. The average Bonchev–Trinajstić information content (AvgIpc) is 3.16. The zero-order valence-electron chi connectivity index (χ0n) is 19.1. The number of anilines is 1. The number of amides is 2. The van der Waals surface area contributed by atoms with Gasteiger partial charge >= 0.3 is 0 Å². The third-order valence-electron chi connectivity index (χ3n) is 8.83. The molecule has 7 rings (SSSR count). The molecule has 6 aliphatic rings. The lowest BCUT2D eigenvalue weighted by Gasteiger charge is -2.57. The van der Waals surface area contributed by atoms with Gasteiger partial charge in [-0.15, -0.1) is 0 Å². The SMILES string of the molecule is O=C(c1cccc(N2CCCS2(=O)=O)c1)N1CCN(C(=O)C23CC4CC(CC(C4)C2)C3)CC1. The van der Waals surface area contributed by atoms with Crippen molar-refractivity contribution in [3.05, 3.63) is 29.8 Å². The van der Waals surface area contributed by atoms with Gasteiger partial charge in [0.2, 0.25) is 15.9 Å². The van der Waals surface area contributed by atoms with Gasteiger partial charge in [0.25, 0.3) is 5.91 Å². The number of hydrogen-bond acceptors (Lipinski definition) is 4. The Morgan fingerprint density at radius 3 is 2.03 bits per heavy atom. The number of piperazine rings is 1. The molecule has 0 unspecified atom stereocenters. The number of carbonyl (C=O) groups excluding carboxylic acids is 2. The summed E-state index contributed by atoms with van der Waals surface area (Å²) in [6.07, 6.45) is 7.81. The highest BCUT2D eigenvalue weighted by molar-refractivity contribution is 7.93. The van der Waals surface area contributed by atoms with Crippen LogP contribution in [0.4, 0.5) is 5.69 Å². The summed E-state index contributed by atoms with van der Waals surface area (Å²) in [5, 5.41) is 0. The van der Waals surface area contributed by atoms with Crippen molar-refractivity contribution in [1.82, 2.24) is 9.80 Å². The average molecular weight is 472 g/mol. The molecule has 6 fully saturated rings. The van der Waals surface area contributed by atoms with Crippen molar-refractivity contribution < 1.29 is 18.0 Å².